The quantitative estimate of drug-likeness (QED) is 0.0262. The Hall–Kier alpha value is -2.37. The maximum absolute atomic E-state index is 12.7. The van der Waals surface area contributed by atoms with Gasteiger partial charge in [0.2, 0.25) is 0 Å². The maximum atomic E-state index is 12.7. The van der Waals surface area contributed by atoms with E-state index in [0.717, 1.165) is 77.0 Å². The Kier molecular flexibility index (Phi) is 48.3. The molecule has 0 aliphatic heterocycles. The van der Waals surface area contributed by atoms with Gasteiger partial charge in [-0.3, -0.25) is 14.4 Å². The van der Waals surface area contributed by atoms with Crippen molar-refractivity contribution in [2.45, 2.75) is 284 Å². The molecule has 0 saturated carbocycles. The number of carbonyl (C=O) groups excluding carboxylic acids is 3. The number of esters is 3. The van der Waals surface area contributed by atoms with Crippen molar-refractivity contribution < 1.29 is 28.6 Å². The summed E-state index contributed by atoms with van der Waals surface area (Å²) in [4.78, 5) is 37.8. The van der Waals surface area contributed by atoms with Gasteiger partial charge in [-0.25, -0.2) is 0 Å². The molecule has 6 heteroatoms. The van der Waals surface area contributed by atoms with Crippen LogP contribution in [0.15, 0.2) is 36.5 Å². The van der Waals surface area contributed by atoms with Crippen LogP contribution in [-0.2, 0) is 28.6 Å². The Morgan fingerprint density at radius 2 is 0.590 bits per heavy atom. The summed E-state index contributed by atoms with van der Waals surface area (Å²) in [6.45, 7) is 6.60. The zero-order chi connectivity index (χ0) is 44.4. The Morgan fingerprint density at radius 3 is 0.918 bits per heavy atom. The molecule has 1 atom stereocenters. The minimum atomic E-state index is -0.768. The summed E-state index contributed by atoms with van der Waals surface area (Å²) in [6, 6.07) is 0. The van der Waals surface area contributed by atoms with Crippen molar-refractivity contribution in [3.05, 3.63) is 36.5 Å². The Labute approximate surface area is 378 Å². The number of carbonyl (C=O) groups is 3. The van der Waals surface area contributed by atoms with Crippen LogP contribution < -0.4 is 0 Å². The molecule has 356 valence electrons. The van der Waals surface area contributed by atoms with Crippen molar-refractivity contribution in [1.82, 2.24) is 0 Å². The van der Waals surface area contributed by atoms with E-state index in [4.69, 9.17) is 14.2 Å². The standard InChI is InChI=1S/C55H100O6/c1-4-7-10-13-16-18-20-22-23-24-25-26-27-28-29-30-31-33-34-36-39-42-45-48-54(57)60-51-52(50-59-53(56)47-44-41-38-15-12-9-6-3)61-55(58)49-46-43-40-37-35-32-21-19-17-14-11-8-5-2/h20,22,24-25,27-28,52H,4-19,21,23,26,29-51H2,1-3H3/b22-20-,25-24-,28-27-. The highest BCUT2D eigenvalue weighted by Gasteiger charge is 2.19. The van der Waals surface area contributed by atoms with Gasteiger partial charge in [0.25, 0.3) is 0 Å². The average Bonchev–Trinajstić information content (AvgIpc) is 3.26. The van der Waals surface area contributed by atoms with E-state index < -0.39 is 6.10 Å². The van der Waals surface area contributed by atoms with E-state index in [1.165, 1.54) is 161 Å². The molecule has 6 nitrogen and oxygen atoms in total. The SMILES string of the molecule is CCCCCCC/C=C\C/C=C\C/C=C\CCCCCCCCCCC(=O)OCC(COC(=O)CCCCCCCCC)OC(=O)CCCCCCCCCCCCCCC. The summed E-state index contributed by atoms with van der Waals surface area (Å²) in [5.41, 5.74) is 0. The van der Waals surface area contributed by atoms with E-state index in [9.17, 15) is 14.4 Å². The third kappa shape index (κ3) is 48.5. The predicted molar refractivity (Wildman–Crippen MR) is 261 cm³/mol. The third-order valence-electron chi connectivity index (χ3n) is 11.6. The fourth-order valence-corrected chi connectivity index (χ4v) is 7.63. The molecule has 0 saturated heterocycles. The van der Waals surface area contributed by atoms with E-state index in [2.05, 4.69) is 57.2 Å². The van der Waals surface area contributed by atoms with Crippen LogP contribution in [0.25, 0.3) is 0 Å². The first kappa shape index (κ1) is 58.6. The molecule has 0 aromatic heterocycles. The summed E-state index contributed by atoms with van der Waals surface area (Å²) >= 11 is 0. The number of allylic oxidation sites excluding steroid dienone is 6. The molecular formula is C55H100O6. The van der Waals surface area contributed by atoms with Crippen LogP contribution in [0.5, 0.6) is 0 Å². The lowest BCUT2D eigenvalue weighted by Crippen LogP contribution is -2.30. The van der Waals surface area contributed by atoms with Crippen molar-refractivity contribution in [1.29, 1.82) is 0 Å². The Balaban J connectivity index is 4.18. The van der Waals surface area contributed by atoms with Gasteiger partial charge >= 0.3 is 17.9 Å². The van der Waals surface area contributed by atoms with Gasteiger partial charge < -0.3 is 14.2 Å². The first-order chi connectivity index (χ1) is 30.0. The van der Waals surface area contributed by atoms with Crippen molar-refractivity contribution in [3.63, 3.8) is 0 Å². The maximum Gasteiger partial charge on any atom is 0.306 e. The van der Waals surface area contributed by atoms with Crippen LogP contribution >= 0.6 is 0 Å². The van der Waals surface area contributed by atoms with Gasteiger partial charge in [0.05, 0.1) is 0 Å². The normalized spacial score (nSPS) is 12.2. The van der Waals surface area contributed by atoms with Gasteiger partial charge in [-0.2, -0.15) is 0 Å². The average molecular weight is 857 g/mol. The lowest BCUT2D eigenvalue weighted by Gasteiger charge is -2.18. The van der Waals surface area contributed by atoms with E-state index in [1.807, 2.05) is 0 Å². The number of hydrogen-bond donors (Lipinski definition) is 0. The largest absolute Gasteiger partial charge is 0.462 e. The lowest BCUT2D eigenvalue weighted by molar-refractivity contribution is -0.167. The minimum Gasteiger partial charge on any atom is -0.462 e. The van der Waals surface area contributed by atoms with E-state index in [1.54, 1.807) is 0 Å². The summed E-state index contributed by atoms with van der Waals surface area (Å²) in [7, 11) is 0. The second-order valence-electron chi connectivity index (χ2n) is 17.8. The second kappa shape index (κ2) is 50.3. The molecule has 1 unspecified atom stereocenters. The Bertz CT molecular complexity index is 1030. The van der Waals surface area contributed by atoms with E-state index in [-0.39, 0.29) is 31.1 Å². The molecule has 0 spiro atoms. The van der Waals surface area contributed by atoms with Crippen LogP contribution in [0.3, 0.4) is 0 Å². The molecule has 0 aromatic carbocycles. The van der Waals surface area contributed by atoms with Crippen molar-refractivity contribution in [3.8, 4) is 0 Å². The van der Waals surface area contributed by atoms with Crippen molar-refractivity contribution in [2.75, 3.05) is 13.2 Å². The van der Waals surface area contributed by atoms with Gasteiger partial charge in [-0.15, -0.1) is 0 Å². The molecule has 0 aromatic rings. The molecule has 0 N–H and O–H groups in total. The van der Waals surface area contributed by atoms with Crippen LogP contribution in [0, 0.1) is 0 Å². The summed E-state index contributed by atoms with van der Waals surface area (Å²) in [5, 5.41) is 0. The Morgan fingerprint density at radius 1 is 0.328 bits per heavy atom. The summed E-state index contributed by atoms with van der Waals surface area (Å²) < 4.78 is 16.7. The first-order valence-electron chi connectivity index (χ1n) is 26.5. The molecule has 0 aliphatic carbocycles. The molecule has 61 heavy (non-hydrogen) atoms. The van der Waals surface area contributed by atoms with E-state index >= 15 is 0 Å². The van der Waals surface area contributed by atoms with Crippen molar-refractivity contribution >= 4 is 17.9 Å². The van der Waals surface area contributed by atoms with Crippen LogP contribution in [0.2, 0.25) is 0 Å². The molecule has 0 radical (unpaired) electrons. The second-order valence-corrected chi connectivity index (χ2v) is 17.8. The topological polar surface area (TPSA) is 78.9 Å². The van der Waals surface area contributed by atoms with Crippen molar-refractivity contribution in [2.24, 2.45) is 0 Å². The lowest BCUT2D eigenvalue weighted by atomic mass is 10.0. The van der Waals surface area contributed by atoms with Gasteiger partial charge in [-0.05, 0) is 57.8 Å². The highest BCUT2D eigenvalue weighted by Crippen LogP contribution is 2.15. The predicted octanol–water partition coefficient (Wildman–Crippen LogP) is 17.3. The zero-order valence-electron chi connectivity index (χ0n) is 40.7. The third-order valence-corrected chi connectivity index (χ3v) is 11.6. The highest BCUT2D eigenvalue weighted by molar-refractivity contribution is 5.71. The number of ether oxygens (including phenoxy) is 3. The number of unbranched alkanes of at least 4 members (excludes halogenated alkanes) is 31. The number of hydrogen-bond acceptors (Lipinski definition) is 6. The van der Waals surface area contributed by atoms with E-state index in [0.29, 0.717) is 19.3 Å². The van der Waals surface area contributed by atoms with Gasteiger partial charge in [0.1, 0.15) is 13.2 Å². The fraction of sp³-hybridized carbons (Fsp3) is 0.836. The summed E-state index contributed by atoms with van der Waals surface area (Å²) in [6.07, 6.45) is 58.6. The fourth-order valence-electron chi connectivity index (χ4n) is 7.63. The smallest absolute Gasteiger partial charge is 0.306 e. The van der Waals surface area contributed by atoms with Crippen LogP contribution in [0.1, 0.15) is 278 Å². The highest BCUT2D eigenvalue weighted by atomic mass is 16.6. The molecule has 0 amide bonds. The molecule has 0 aliphatic rings. The monoisotopic (exact) mass is 857 g/mol. The zero-order valence-corrected chi connectivity index (χ0v) is 40.7. The first-order valence-corrected chi connectivity index (χ1v) is 26.5. The molecule has 0 rings (SSSR count). The number of rotatable bonds is 48. The minimum absolute atomic E-state index is 0.0714. The molecule has 0 bridgehead atoms. The van der Waals surface area contributed by atoms with Gasteiger partial charge in [0.15, 0.2) is 6.10 Å². The van der Waals surface area contributed by atoms with Crippen LogP contribution in [-0.4, -0.2) is 37.2 Å². The van der Waals surface area contributed by atoms with Gasteiger partial charge in [-0.1, -0.05) is 237 Å². The summed E-state index contributed by atoms with van der Waals surface area (Å²) in [5.74, 6) is -0.875. The molecular weight excluding hydrogens is 757 g/mol. The van der Waals surface area contributed by atoms with Gasteiger partial charge in [0, 0.05) is 19.3 Å². The van der Waals surface area contributed by atoms with Crippen LogP contribution in [0.4, 0.5) is 0 Å². The molecule has 0 fully saturated rings. The molecule has 0 heterocycles.